The lowest BCUT2D eigenvalue weighted by Gasteiger charge is -2.21. The maximum Gasteiger partial charge on any atom is 0.336 e. The number of hydrogen-bond acceptors (Lipinski definition) is 4. The van der Waals surface area contributed by atoms with Gasteiger partial charge in [0.25, 0.3) is 0 Å². The van der Waals surface area contributed by atoms with E-state index in [1.54, 1.807) is 13.8 Å². The molecule has 1 aromatic heterocycles. The highest BCUT2D eigenvalue weighted by atomic mass is 16.7. The fourth-order valence-electron chi connectivity index (χ4n) is 3.41. The molecule has 1 N–H and O–H groups in total. The van der Waals surface area contributed by atoms with E-state index in [0.717, 1.165) is 33.8 Å². The molecule has 0 aliphatic carbocycles. The third-order valence-corrected chi connectivity index (χ3v) is 4.49. The lowest BCUT2D eigenvalue weighted by atomic mass is 9.90. The minimum atomic E-state index is -0.906. The number of aryl methyl sites for hydroxylation is 4. The number of hydrogen-bond donors (Lipinski definition) is 1. The van der Waals surface area contributed by atoms with Crippen LogP contribution in [0.15, 0.2) is 23.4 Å². The standard InChI is InChI=1S/C18H21N3O3/c1-10-6-13(7-11(2)16(10)17(22)23)14-9-18(4,24-20-14)15-8-12(3)19-21(15)5/h6-8H,9H2,1-5H3,(H,22,23). The van der Waals surface area contributed by atoms with Gasteiger partial charge in [0.05, 0.1) is 22.7 Å². The van der Waals surface area contributed by atoms with E-state index in [4.69, 9.17) is 4.84 Å². The fraction of sp³-hybridized carbons (Fsp3) is 0.389. The minimum Gasteiger partial charge on any atom is -0.478 e. The smallest absolute Gasteiger partial charge is 0.336 e. The number of nitrogens with zero attached hydrogens (tertiary/aromatic N) is 3. The molecule has 1 aliphatic rings. The normalized spacial score (nSPS) is 20.0. The molecule has 1 unspecified atom stereocenters. The molecule has 1 atom stereocenters. The fourth-order valence-corrected chi connectivity index (χ4v) is 3.41. The monoisotopic (exact) mass is 327 g/mol. The van der Waals surface area contributed by atoms with Crippen LogP contribution in [0.2, 0.25) is 0 Å². The number of oxime groups is 1. The van der Waals surface area contributed by atoms with Gasteiger partial charge in [0.2, 0.25) is 0 Å². The van der Waals surface area contributed by atoms with Crippen LogP contribution in [0.25, 0.3) is 0 Å². The van der Waals surface area contributed by atoms with E-state index in [1.807, 2.05) is 43.8 Å². The summed E-state index contributed by atoms with van der Waals surface area (Å²) in [4.78, 5) is 17.1. The molecule has 1 aromatic carbocycles. The molecule has 0 saturated carbocycles. The van der Waals surface area contributed by atoms with Crippen LogP contribution in [0, 0.1) is 20.8 Å². The van der Waals surface area contributed by atoms with Crippen LogP contribution in [-0.2, 0) is 17.5 Å². The van der Waals surface area contributed by atoms with Crippen LogP contribution in [0.1, 0.15) is 51.8 Å². The van der Waals surface area contributed by atoms with Gasteiger partial charge in [-0.25, -0.2) is 4.79 Å². The molecule has 126 valence electrons. The molecule has 0 fully saturated rings. The predicted molar refractivity (Wildman–Crippen MR) is 90.4 cm³/mol. The Hall–Kier alpha value is -2.63. The molecule has 6 heteroatoms. The highest BCUT2D eigenvalue weighted by Crippen LogP contribution is 2.36. The van der Waals surface area contributed by atoms with Gasteiger partial charge in [-0.1, -0.05) is 5.16 Å². The van der Waals surface area contributed by atoms with Gasteiger partial charge >= 0.3 is 5.97 Å². The maximum atomic E-state index is 11.3. The van der Waals surface area contributed by atoms with Crippen LogP contribution < -0.4 is 0 Å². The Bertz CT molecular complexity index is 843. The van der Waals surface area contributed by atoms with Gasteiger partial charge in [-0.2, -0.15) is 5.10 Å². The average Bonchev–Trinajstić information content (AvgIpc) is 3.01. The third-order valence-electron chi connectivity index (χ3n) is 4.49. The van der Waals surface area contributed by atoms with Crippen molar-refractivity contribution >= 4 is 11.7 Å². The molecule has 0 spiro atoms. The minimum absolute atomic E-state index is 0.350. The van der Waals surface area contributed by atoms with Gasteiger partial charge in [0.1, 0.15) is 0 Å². The van der Waals surface area contributed by atoms with Crippen molar-refractivity contribution < 1.29 is 14.7 Å². The lowest BCUT2D eigenvalue weighted by Crippen LogP contribution is -2.25. The number of carbonyl (C=O) groups is 1. The SMILES string of the molecule is Cc1cc(C2(C)CC(c3cc(C)c(C(=O)O)c(C)c3)=NO2)n(C)n1. The summed E-state index contributed by atoms with van der Waals surface area (Å²) in [6.45, 7) is 7.55. The molecule has 0 saturated heterocycles. The quantitative estimate of drug-likeness (QED) is 0.940. The predicted octanol–water partition coefficient (Wildman–Crippen LogP) is 3.08. The van der Waals surface area contributed by atoms with E-state index in [0.29, 0.717) is 12.0 Å². The van der Waals surface area contributed by atoms with Gasteiger partial charge in [0, 0.05) is 19.0 Å². The Kier molecular flexibility index (Phi) is 3.70. The zero-order chi connectivity index (χ0) is 17.6. The van der Waals surface area contributed by atoms with E-state index in [1.165, 1.54) is 0 Å². The zero-order valence-electron chi connectivity index (χ0n) is 14.5. The zero-order valence-corrected chi connectivity index (χ0v) is 14.5. The van der Waals surface area contributed by atoms with Crippen LogP contribution in [-0.4, -0.2) is 26.6 Å². The topological polar surface area (TPSA) is 76.7 Å². The van der Waals surface area contributed by atoms with Gasteiger partial charge in [0.15, 0.2) is 5.60 Å². The summed E-state index contributed by atoms with van der Waals surface area (Å²) in [6.07, 6.45) is 0.608. The maximum absolute atomic E-state index is 11.3. The molecule has 3 rings (SSSR count). The number of carboxylic acid groups (broad SMARTS) is 1. The first-order chi connectivity index (χ1) is 11.2. The van der Waals surface area contributed by atoms with Crippen molar-refractivity contribution in [1.82, 2.24) is 9.78 Å². The Labute approximate surface area is 140 Å². The molecule has 0 amide bonds. The highest BCUT2D eigenvalue weighted by molar-refractivity contribution is 6.03. The van der Waals surface area contributed by atoms with E-state index in [-0.39, 0.29) is 0 Å². The van der Waals surface area contributed by atoms with E-state index in [9.17, 15) is 9.90 Å². The van der Waals surface area contributed by atoms with Crippen molar-refractivity contribution in [3.8, 4) is 0 Å². The second-order valence-electron chi connectivity index (χ2n) is 6.62. The average molecular weight is 327 g/mol. The Morgan fingerprint density at radius 3 is 2.38 bits per heavy atom. The first kappa shape index (κ1) is 16.2. The second-order valence-corrected chi connectivity index (χ2v) is 6.62. The van der Waals surface area contributed by atoms with E-state index < -0.39 is 11.6 Å². The van der Waals surface area contributed by atoms with Crippen molar-refractivity contribution in [3.63, 3.8) is 0 Å². The molecule has 1 aliphatic heterocycles. The van der Waals surface area contributed by atoms with Gasteiger partial charge in [-0.3, -0.25) is 4.68 Å². The number of carboxylic acids is 1. The summed E-state index contributed by atoms with van der Waals surface area (Å²) >= 11 is 0. The lowest BCUT2D eigenvalue weighted by molar-refractivity contribution is -0.0135. The summed E-state index contributed by atoms with van der Waals surface area (Å²) in [5.74, 6) is -0.906. The summed E-state index contributed by atoms with van der Waals surface area (Å²) in [5.41, 5.74) is 4.85. The summed E-state index contributed by atoms with van der Waals surface area (Å²) < 4.78 is 1.82. The molecule has 24 heavy (non-hydrogen) atoms. The summed E-state index contributed by atoms with van der Waals surface area (Å²) in [5, 5.41) is 18.0. The van der Waals surface area contributed by atoms with Gasteiger partial charge in [-0.05, 0) is 57.0 Å². The number of benzene rings is 1. The molecule has 2 heterocycles. The molecule has 6 nitrogen and oxygen atoms in total. The third kappa shape index (κ3) is 2.58. The van der Waals surface area contributed by atoms with E-state index in [2.05, 4.69) is 10.3 Å². The number of aromatic nitrogens is 2. The van der Waals surface area contributed by atoms with E-state index >= 15 is 0 Å². The Balaban J connectivity index is 1.94. The first-order valence-corrected chi connectivity index (χ1v) is 7.82. The van der Waals surface area contributed by atoms with Crippen molar-refractivity contribution in [2.45, 2.75) is 39.7 Å². The van der Waals surface area contributed by atoms with Crippen molar-refractivity contribution in [2.24, 2.45) is 12.2 Å². The van der Waals surface area contributed by atoms with Crippen LogP contribution in [0.3, 0.4) is 0 Å². The van der Waals surface area contributed by atoms with Gasteiger partial charge in [-0.15, -0.1) is 0 Å². The molecular formula is C18H21N3O3. The summed E-state index contributed by atoms with van der Waals surface area (Å²) in [7, 11) is 1.89. The first-order valence-electron chi connectivity index (χ1n) is 7.82. The van der Waals surface area contributed by atoms with Crippen molar-refractivity contribution in [3.05, 3.63) is 51.8 Å². The van der Waals surface area contributed by atoms with Gasteiger partial charge < -0.3 is 9.94 Å². The molecule has 0 radical (unpaired) electrons. The second kappa shape index (κ2) is 5.47. The largest absolute Gasteiger partial charge is 0.478 e. The molecular weight excluding hydrogens is 306 g/mol. The highest BCUT2D eigenvalue weighted by Gasteiger charge is 2.39. The Morgan fingerprint density at radius 1 is 1.25 bits per heavy atom. The van der Waals surface area contributed by atoms with Crippen LogP contribution in [0.5, 0.6) is 0 Å². The molecule has 2 aromatic rings. The van der Waals surface area contributed by atoms with Crippen molar-refractivity contribution in [1.29, 1.82) is 0 Å². The molecule has 0 bridgehead atoms. The van der Waals surface area contributed by atoms with Crippen LogP contribution >= 0.6 is 0 Å². The van der Waals surface area contributed by atoms with Crippen LogP contribution in [0.4, 0.5) is 0 Å². The number of aromatic carboxylic acids is 1. The number of rotatable bonds is 3. The van der Waals surface area contributed by atoms with Crippen molar-refractivity contribution in [2.75, 3.05) is 0 Å². The summed E-state index contributed by atoms with van der Waals surface area (Å²) in [6, 6.07) is 5.72. The Morgan fingerprint density at radius 2 is 1.88 bits per heavy atom.